The van der Waals surface area contributed by atoms with E-state index in [1.807, 2.05) is 0 Å². The van der Waals surface area contributed by atoms with Gasteiger partial charge in [0.2, 0.25) is 0 Å². The summed E-state index contributed by atoms with van der Waals surface area (Å²) in [6.07, 6.45) is -6.17. The number of halogens is 3. The molecule has 0 aromatic heterocycles. The van der Waals surface area contributed by atoms with E-state index in [-0.39, 0.29) is 6.54 Å². The molecule has 1 aromatic carbocycles. The van der Waals surface area contributed by atoms with Crippen molar-refractivity contribution in [3.63, 3.8) is 0 Å². The van der Waals surface area contributed by atoms with Crippen LogP contribution in [-0.2, 0) is 6.54 Å². The van der Waals surface area contributed by atoms with E-state index in [1.54, 1.807) is 18.2 Å². The topological polar surface area (TPSA) is 50.7 Å². The van der Waals surface area contributed by atoms with Crippen LogP contribution in [-0.4, -0.2) is 37.1 Å². The van der Waals surface area contributed by atoms with Gasteiger partial charge in [0.1, 0.15) is 0 Å². The molecule has 4 nitrogen and oxygen atoms in total. The first-order valence-corrected chi connectivity index (χ1v) is 6.31. The third-order valence-electron chi connectivity index (χ3n) is 2.86. The molecule has 0 saturated heterocycles. The molecule has 2 N–H and O–H groups in total. The minimum Gasteiger partial charge on any atom is -0.490 e. The number of fused-ring (bicyclic) bond motifs is 1. The van der Waals surface area contributed by atoms with Gasteiger partial charge in [0.25, 0.3) is 0 Å². The van der Waals surface area contributed by atoms with Gasteiger partial charge in [0.15, 0.2) is 17.6 Å². The van der Waals surface area contributed by atoms with E-state index in [9.17, 15) is 13.2 Å². The summed E-state index contributed by atoms with van der Waals surface area (Å²) >= 11 is 0. The predicted octanol–water partition coefficient (Wildman–Crippen LogP) is 1.86. The van der Waals surface area contributed by atoms with Crippen molar-refractivity contribution in [3.05, 3.63) is 23.8 Å². The summed E-state index contributed by atoms with van der Waals surface area (Å²) in [6.45, 7) is 0.806. The van der Waals surface area contributed by atoms with Gasteiger partial charge >= 0.3 is 6.18 Å². The number of aliphatic hydroxyl groups excluding tert-OH is 1. The second-order valence-corrected chi connectivity index (χ2v) is 4.52. The van der Waals surface area contributed by atoms with E-state index >= 15 is 0 Å². The van der Waals surface area contributed by atoms with Gasteiger partial charge in [0, 0.05) is 19.5 Å². The highest BCUT2D eigenvalue weighted by Gasteiger charge is 2.37. The Morgan fingerprint density at radius 3 is 2.60 bits per heavy atom. The van der Waals surface area contributed by atoms with Crippen LogP contribution in [0, 0.1) is 0 Å². The number of aliphatic hydroxyl groups is 1. The fraction of sp³-hybridized carbons (Fsp3) is 0.538. The highest BCUT2D eigenvalue weighted by Crippen LogP contribution is 2.30. The summed E-state index contributed by atoms with van der Waals surface area (Å²) in [6, 6.07) is 5.21. The summed E-state index contributed by atoms with van der Waals surface area (Å²) in [5, 5.41) is 11.4. The molecule has 20 heavy (non-hydrogen) atoms. The molecule has 0 aliphatic carbocycles. The maximum absolute atomic E-state index is 12.1. The Morgan fingerprint density at radius 2 is 1.90 bits per heavy atom. The molecular formula is C13H16F3NO3. The van der Waals surface area contributed by atoms with Crippen LogP contribution in [0.2, 0.25) is 0 Å². The van der Waals surface area contributed by atoms with E-state index in [2.05, 4.69) is 5.32 Å². The van der Waals surface area contributed by atoms with Gasteiger partial charge < -0.3 is 19.9 Å². The smallest absolute Gasteiger partial charge is 0.415 e. The zero-order valence-electron chi connectivity index (χ0n) is 10.7. The third kappa shape index (κ3) is 4.01. The molecule has 1 atom stereocenters. The van der Waals surface area contributed by atoms with Crippen LogP contribution in [0.3, 0.4) is 0 Å². The van der Waals surface area contributed by atoms with E-state index in [0.717, 1.165) is 12.0 Å². The van der Waals surface area contributed by atoms with Crippen LogP contribution >= 0.6 is 0 Å². The first-order valence-electron chi connectivity index (χ1n) is 6.31. The fourth-order valence-corrected chi connectivity index (χ4v) is 1.79. The molecule has 1 aromatic rings. The average Bonchev–Trinajstić information content (AvgIpc) is 2.62. The van der Waals surface area contributed by atoms with Crippen LogP contribution in [0.5, 0.6) is 11.5 Å². The molecule has 112 valence electrons. The van der Waals surface area contributed by atoms with Crippen molar-refractivity contribution in [2.24, 2.45) is 0 Å². The van der Waals surface area contributed by atoms with Crippen LogP contribution in [0.4, 0.5) is 13.2 Å². The molecule has 1 heterocycles. The van der Waals surface area contributed by atoms with Crippen molar-refractivity contribution in [2.45, 2.75) is 25.2 Å². The summed E-state index contributed by atoms with van der Waals surface area (Å²) in [7, 11) is 0. The Balaban J connectivity index is 1.89. The van der Waals surface area contributed by atoms with Crippen molar-refractivity contribution in [2.75, 3.05) is 19.8 Å². The molecule has 7 heteroatoms. The monoisotopic (exact) mass is 291 g/mol. The summed E-state index contributed by atoms with van der Waals surface area (Å²) in [5.74, 6) is 1.24. The summed E-state index contributed by atoms with van der Waals surface area (Å²) in [5.41, 5.74) is 0.767. The minimum absolute atomic E-state index is 0.212. The van der Waals surface area contributed by atoms with Gasteiger partial charge in [0.05, 0.1) is 13.2 Å². The zero-order chi connectivity index (χ0) is 14.6. The SMILES string of the molecule is OC(CNCc1ccc2c(c1)OCCCO2)C(F)(F)F. The Morgan fingerprint density at radius 1 is 1.20 bits per heavy atom. The van der Waals surface area contributed by atoms with E-state index in [0.29, 0.717) is 24.7 Å². The second kappa shape index (κ2) is 6.32. The predicted molar refractivity (Wildman–Crippen MR) is 65.8 cm³/mol. The lowest BCUT2D eigenvalue weighted by atomic mass is 10.2. The zero-order valence-corrected chi connectivity index (χ0v) is 10.7. The number of nitrogens with one attached hydrogen (secondary N) is 1. The lowest BCUT2D eigenvalue weighted by Crippen LogP contribution is -2.38. The van der Waals surface area contributed by atoms with Crippen molar-refractivity contribution in [1.82, 2.24) is 5.32 Å². The maximum Gasteiger partial charge on any atom is 0.415 e. The van der Waals surface area contributed by atoms with E-state index < -0.39 is 18.8 Å². The summed E-state index contributed by atoms with van der Waals surface area (Å²) in [4.78, 5) is 0. The van der Waals surface area contributed by atoms with E-state index in [4.69, 9.17) is 14.6 Å². The number of ether oxygens (including phenoxy) is 2. The van der Waals surface area contributed by atoms with Crippen LogP contribution < -0.4 is 14.8 Å². The number of benzene rings is 1. The summed E-state index contributed by atoms with van der Waals surface area (Å²) < 4.78 is 47.3. The standard InChI is InChI=1S/C13H16F3NO3/c14-13(15,16)12(18)8-17-7-9-2-3-10-11(6-9)20-5-1-4-19-10/h2-3,6,12,17-18H,1,4-5,7-8H2. The molecule has 2 rings (SSSR count). The number of rotatable bonds is 4. The van der Waals surface area contributed by atoms with Crippen LogP contribution in [0.15, 0.2) is 18.2 Å². The van der Waals surface area contributed by atoms with Crippen LogP contribution in [0.1, 0.15) is 12.0 Å². The van der Waals surface area contributed by atoms with Crippen molar-refractivity contribution < 1.29 is 27.8 Å². The Bertz CT molecular complexity index is 451. The van der Waals surface area contributed by atoms with Crippen molar-refractivity contribution >= 4 is 0 Å². The first kappa shape index (κ1) is 14.9. The average molecular weight is 291 g/mol. The number of hydrogen-bond donors (Lipinski definition) is 2. The third-order valence-corrected chi connectivity index (χ3v) is 2.86. The van der Waals surface area contributed by atoms with Gasteiger partial charge in [-0.15, -0.1) is 0 Å². The van der Waals surface area contributed by atoms with E-state index in [1.165, 1.54) is 0 Å². The van der Waals surface area contributed by atoms with Gasteiger partial charge in [-0.3, -0.25) is 0 Å². The molecule has 0 amide bonds. The van der Waals surface area contributed by atoms with Gasteiger partial charge in [-0.25, -0.2) is 0 Å². The molecule has 0 fully saturated rings. The Labute approximate surface area is 114 Å². The number of alkyl halides is 3. The maximum atomic E-state index is 12.1. The molecule has 0 spiro atoms. The largest absolute Gasteiger partial charge is 0.490 e. The highest BCUT2D eigenvalue weighted by molar-refractivity contribution is 5.43. The van der Waals surface area contributed by atoms with Crippen molar-refractivity contribution in [1.29, 1.82) is 0 Å². The highest BCUT2D eigenvalue weighted by atomic mass is 19.4. The van der Waals surface area contributed by atoms with Crippen LogP contribution in [0.25, 0.3) is 0 Å². The molecule has 0 bridgehead atoms. The van der Waals surface area contributed by atoms with Gasteiger partial charge in [-0.2, -0.15) is 13.2 Å². The first-order chi connectivity index (χ1) is 9.47. The second-order valence-electron chi connectivity index (χ2n) is 4.52. The molecule has 0 radical (unpaired) electrons. The minimum atomic E-state index is -4.60. The fourth-order valence-electron chi connectivity index (χ4n) is 1.79. The molecule has 1 aliphatic rings. The molecule has 0 saturated carbocycles. The Kier molecular flexibility index (Phi) is 4.72. The molecular weight excluding hydrogens is 275 g/mol. The number of hydrogen-bond acceptors (Lipinski definition) is 4. The lowest BCUT2D eigenvalue weighted by molar-refractivity contribution is -0.201. The molecule has 1 unspecified atom stereocenters. The molecule has 1 aliphatic heterocycles. The van der Waals surface area contributed by atoms with Gasteiger partial charge in [-0.1, -0.05) is 6.07 Å². The lowest BCUT2D eigenvalue weighted by Gasteiger charge is -2.15. The van der Waals surface area contributed by atoms with Gasteiger partial charge in [-0.05, 0) is 17.7 Å². The Hall–Kier alpha value is -1.47. The quantitative estimate of drug-likeness (QED) is 0.889. The normalized spacial score (nSPS) is 16.6. The van der Waals surface area contributed by atoms with Crippen molar-refractivity contribution in [3.8, 4) is 11.5 Å².